The summed E-state index contributed by atoms with van der Waals surface area (Å²) in [4.78, 5) is 8.90. The van der Waals surface area contributed by atoms with E-state index in [4.69, 9.17) is 4.84 Å². The fourth-order valence-corrected chi connectivity index (χ4v) is 0.427. The minimum atomic E-state index is 0.622. The molecule has 0 aromatic rings. The lowest BCUT2D eigenvalue weighted by Crippen LogP contribution is -2.24. The summed E-state index contributed by atoms with van der Waals surface area (Å²) in [5.41, 5.74) is 0. The number of hydroxylamine groups is 2. The molecular formula is C4H8N2O. The lowest BCUT2D eigenvalue weighted by atomic mass is 10.7. The summed E-state index contributed by atoms with van der Waals surface area (Å²) in [5, 5.41) is 1.69. The summed E-state index contributed by atoms with van der Waals surface area (Å²) in [7, 11) is 1.86. The number of nitrogens with zero attached hydrogens (tertiary/aromatic N) is 2. The molecule has 0 fully saturated rings. The molecule has 40 valence electrons. The molecule has 0 radical (unpaired) electrons. The highest BCUT2D eigenvalue weighted by Crippen LogP contribution is 1.87. The van der Waals surface area contributed by atoms with Gasteiger partial charge in [0.15, 0.2) is 0 Å². The van der Waals surface area contributed by atoms with Crippen molar-refractivity contribution in [2.24, 2.45) is 4.99 Å². The Hall–Kier alpha value is -0.410. The molecule has 0 bridgehead atoms. The van der Waals surface area contributed by atoms with Crippen molar-refractivity contribution in [1.82, 2.24) is 5.06 Å². The van der Waals surface area contributed by atoms with Gasteiger partial charge in [-0.05, 0) is 0 Å². The van der Waals surface area contributed by atoms with Crippen LogP contribution in [0, 0.1) is 0 Å². The van der Waals surface area contributed by atoms with E-state index in [1.807, 2.05) is 7.05 Å². The minimum absolute atomic E-state index is 0.622. The molecule has 1 aliphatic rings. The maximum Gasteiger partial charge on any atom is 0.114 e. The molecule has 0 saturated carbocycles. The van der Waals surface area contributed by atoms with E-state index in [2.05, 4.69) is 4.99 Å². The van der Waals surface area contributed by atoms with Crippen LogP contribution in [0.1, 0.15) is 0 Å². The second-order valence-electron chi connectivity index (χ2n) is 1.43. The van der Waals surface area contributed by atoms with Crippen molar-refractivity contribution in [2.75, 3.05) is 20.3 Å². The zero-order valence-corrected chi connectivity index (χ0v) is 4.29. The Bertz CT molecular complexity index is 81.8. The Morgan fingerprint density at radius 1 is 1.86 bits per heavy atom. The van der Waals surface area contributed by atoms with E-state index < -0.39 is 0 Å². The molecule has 1 aliphatic heterocycles. The first-order valence-electron chi connectivity index (χ1n) is 2.22. The summed E-state index contributed by atoms with van der Waals surface area (Å²) in [6.45, 7) is 1.29. The minimum Gasteiger partial charge on any atom is -0.292 e. The topological polar surface area (TPSA) is 24.8 Å². The number of hydrogen-bond donors (Lipinski definition) is 0. The Balaban J connectivity index is 2.32. The van der Waals surface area contributed by atoms with Gasteiger partial charge in [-0.25, -0.2) is 0 Å². The molecule has 0 unspecified atom stereocenters. The molecule has 1 heterocycles. The third kappa shape index (κ3) is 1.25. The summed E-state index contributed by atoms with van der Waals surface area (Å²) >= 11 is 0. The molecule has 0 spiro atoms. The average Bonchev–Trinajstić information content (AvgIpc) is 1.69. The molecule has 0 aliphatic carbocycles. The van der Waals surface area contributed by atoms with E-state index in [1.165, 1.54) is 0 Å². The Morgan fingerprint density at radius 3 is 3.00 bits per heavy atom. The number of aliphatic imine (C=N–C) groups is 1. The van der Waals surface area contributed by atoms with E-state index in [0.29, 0.717) is 13.3 Å². The largest absolute Gasteiger partial charge is 0.292 e. The molecule has 0 amide bonds. The quantitative estimate of drug-likeness (QED) is 0.424. The van der Waals surface area contributed by atoms with Gasteiger partial charge in [0.1, 0.15) is 13.3 Å². The Morgan fingerprint density at radius 2 is 2.71 bits per heavy atom. The van der Waals surface area contributed by atoms with Gasteiger partial charge >= 0.3 is 0 Å². The highest BCUT2D eigenvalue weighted by Gasteiger charge is 1.96. The predicted molar refractivity (Wildman–Crippen MR) is 27.1 cm³/mol. The highest BCUT2D eigenvalue weighted by atomic mass is 16.7. The molecule has 1 rings (SSSR count). The normalized spacial score (nSPS) is 23.0. The van der Waals surface area contributed by atoms with Gasteiger partial charge < -0.3 is 0 Å². The van der Waals surface area contributed by atoms with E-state index in [1.54, 1.807) is 11.3 Å². The van der Waals surface area contributed by atoms with Crippen molar-refractivity contribution in [2.45, 2.75) is 0 Å². The summed E-state index contributed by atoms with van der Waals surface area (Å²) in [6.07, 6.45) is 1.76. The molecular weight excluding hydrogens is 92.1 g/mol. The van der Waals surface area contributed by atoms with Crippen LogP contribution in [0.3, 0.4) is 0 Å². The first kappa shape index (κ1) is 4.74. The van der Waals surface area contributed by atoms with E-state index in [9.17, 15) is 0 Å². The standard InChI is InChI=1S/C4H8N2O/c1-6-4-5-2-3-7-6/h2H,3-4H2,1H3. The van der Waals surface area contributed by atoms with Crippen molar-refractivity contribution >= 4 is 6.21 Å². The van der Waals surface area contributed by atoms with Crippen molar-refractivity contribution in [1.29, 1.82) is 0 Å². The van der Waals surface area contributed by atoms with Crippen molar-refractivity contribution in [3.05, 3.63) is 0 Å². The third-order valence-electron chi connectivity index (χ3n) is 0.779. The second-order valence-corrected chi connectivity index (χ2v) is 1.43. The van der Waals surface area contributed by atoms with Crippen LogP contribution in [-0.2, 0) is 4.84 Å². The molecule has 0 aromatic carbocycles. The second kappa shape index (κ2) is 2.04. The van der Waals surface area contributed by atoms with Gasteiger partial charge in [0.25, 0.3) is 0 Å². The van der Waals surface area contributed by atoms with Gasteiger partial charge in [-0.15, -0.1) is 0 Å². The van der Waals surface area contributed by atoms with Gasteiger partial charge in [-0.2, -0.15) is 5.06 Å². The lowest BCUT2D eigenvalue weighted by molar-refractivity contribution is -0.126. The first-order chi connectivity index (χ1) is 3.39. The third-order valence-corrected chi connectivity index (χ3v) is 0.779. The van der Waals surface area contributed by atoms with Crippen LogP contribution in [0.2, 0.25) is 0 Å². The average molecular weight is 100 g/mol. The van der Waals surface area contributed by atoms with Crippen LogP contribution in [0.15, 0.2) is 4.99 Å². The Labute approximate surface area is 42.6 Å². The zero-order valence-electron chi connectivity index (χ0n) is 4.29. The SMILES string of the molecule is CN1CN=CCO1. The van der Waals surface area contributed by atoms with Gasteiger partial charge in [0.05, 0.1) is 0 Å². The van der Waals surface area contributed by atoms with Crippen LogP contribution < -0.4 is 0 Å². The van der Waals surface area contributed by atoms with Crippen LogP contribution in [0.5, 0.6) is 0 Å². The summed E-state index contributed by atoms with van der Waals surface area (Å²) in [6, 6.07) is 0. The molecule has 0 atom stereocenters. The number of rotatable bonds is 0. The molecule has 3 heteroatoms. The van der Waals surface area contributed by atoms with Gasteiger partial charge in [0, 0.05) is 13.3 Å². The first-order valence-corrected chi connectivity index (χ1v) is 2.22. The smallest absolute Gasteiger partial charge is 0.114 e. The maximum absolute atomic E-state index is 4.96. The van der Waals surface area contributed by atoms with Gasteiger partial charge in [-0.3, -0.25) is 9.83 Å². The summed E-state index contributed by atoms with van der Waals surface area (Å²) in [5.74, 6) is 0. The molecule has 3 nitrogen and oxygen atoms in total. The van der Waals surface area contributed by atoms with E-state index in [-0.39, 0.29) is 0 Å². The van der Waals surface area contributed by atoms with E-state index in [0.717, 1.165) is 0 Å². The van der Waals surface area contributed by atoms with E-state index >= 15 is 0 Å². The Kier molecular flexibility index (Phi) is 1.38. The van der Waals surface area contributed by atoms with Crippen LogP contribution in [0.4, 0.5) is 0 Å². The zero-order chi connectivity index (χ0) is 5.11. The molecule has 7 heavy (non-hydrogen) atoms. The summed E-state index contributed by atoms with van der Waals surface area (Å²) < 4.78 is 0. The lowest BCUT2D eigenvalue weighted by Gasteiger charge is -2.15. The highest BCUT2D eigenvalue weighted by molar-refractivity contribution is 5.58. The maximum atomic E-state index is 4.96. The monoisotopic (exact) mass is 100 g/mol. The fourth-order valence-electron chi connectivity index (χ4n) is 0.427. The van der Waals surface area contributed by atoms with Crippen molar-refractivity contribution < 1.29 is 4.84 Å². The number of hydrogen-bond acceptors (Lipinski definition) is 3. The fraction of sp³-hybridized carbons (Fsp3) is 0.750. The van der Waals surface area contributed by atoms with Gasteiger partial charge in [0.2, 0.25) is 0 Å². The molecule has 0 saturated heterocycles. The van der Waals surface area contributed by atoms with Gasteiger partial charge in [-0.1, -0.05) is 0 Å². The van der Waals surface area contributed by atoms with Crippen molar-refractivity contribution in [3.63, 3.8) is 0 Å². The van der Waals surface area contributed by atoms with Crippen LogP contribution in [-0.4, -0.2) is 31.6 Å². The van der Waals surface area contributed by atoms with Crippen molar-refractivity contribution in [3.8, 4) is 0 Å². The predicted octanol–water partition coefficient (Wildman–Crippen LogP) is -0.108. The van der Waals surface area contributed by atoms with Crippen LogP contribution >= 0.6 is 0 Å². The molecule has 0 N–H and O–H groups in total. The van der Waals surface area contributed by atoms with Crippen LogP contribution in [0.25, 0.3) is 0 Å². The molecule has 0 aromatic heterocycles.